The van der Waals surface area contributed by atoms with Gasteiger partial charge in [-0.15, -0.1) is 0 Å². The molecular weight excluding hydrogens is 392 g/mol. The van der Waals surface area contributed by atoms with E-state index in [1.165, 1.54) is 16.4 Å². The number of primary amides is 1. The van der Waals surface area contributed by atoms with E-state index in [1.807, 2.05) is 13.8 Å². The van der Waals surface area contributed by atoms with Crippen LogP contribution >= 0.6 is 0 Å². The molecule has 0 bridgehead atoms. The molecule has 2 N–H and O–H groups in total. The molecular formula is C21H26N2O5S. The van der Waals surface area contributed by atoms with Gasteiger partial charge in [-0.2, -0.15) is 0 Å². The fourth-order valence-electron chi connectivity index (χ4n) is 3.73. The fraction of sp³-hybridized carbons (Fsp3) is 0.381. The van der Waals surface area contributed by atoms with E-state index in [0.717, 1.165) is 0 Å². The second kappa shape index (κ2) is 8.32. The zero-order valence-electron chi connectivity index (χ0n) is 16.8. The number of hydrogen-bond acceptors (Lipinski definition) is 5. The van der Waals surface area contributed by atoms with Crippen LogP contribution in [0.25, 0.3) is 0 Å². The average Bonchev–Trinajstić information content (AvgIpc) is 2.68. The third-order valence-electron chi connectivity index (χ3n) is 4.94. The summed E-state index contributed by atoms with van der Waals surface area (Å²) in [5, 5.41) is 0. The van der Waals surface area contributed by atoms with Gasteiger partial charge < -0.3 is 15.2 Å². The highest BCUT2D eigenvalue weighted by Crippen LogP contribution is 2.42. The number of benzene rings is 2. The minimum Gasteiger partial charge on any atom is -0.490 e. The van der Waals surface area contributed by atoms with Crippen LogP contribution in [-0.2, 0) is 14.8 Å². The lowest BCUT2D eigenvalue weighted by Crippen LogP contribution is -2.45. The first-order valence-electron chi connectivity index (χ1n) is 9.63. The Hall–Kier alpha value is -2.74. The van der Waals surface area contributed by atoms with Gasteiger partial charge in [-0.25, -0.2) is 8.42 Å². The van der Waals surface area contributed by atoms with Crippen LogP contribution in [0.4, 0.5) is 5.69 Å². The van der Waals surface area contributed by atoms with E-state index in [1.54, 1.807) is 37.3 Å². The number of para-hydroxylation sites is 1. The standard InChI is InChI=1S/C21H26N2O5S/c1-4-27-19-11-10-15(13-20(19)28-5-2)29(25,26)23-14(3)12-17(21(22)24)16-8-6-7-9-18(16)23/h6-11,13-14,17H,4-5,12H2,1-3H3,(H2,22,24)/t14-,17-/m0/s1. The second-order valence-electron chi connectivity index (χ2n) is 6.87. The number of sulfonamides is 1. The first-order valence-corrected chi connectivity index (χ1v) is 11.1. The van der Waals surface area contributed by atoms with Gasteiger partial charge in [0, 0.05) is 12.1 Å². The Balaban J connectivity index is 2.10. The van der Waals surface area contributed by atoms with Crippen molar-refractivity contribution in [3.63, 3.8) is 0 Å². The van der Waals surface area contributed by atoms with Gasteiger partial charge >= 0.3 is 0 Å². The molecule has 0 fully saturated rings. The summed E-state index contributed by atoms with van der Waals surface area (Å²) in [5.74, 6) is -0.106. The maximum atomic E-state index is 13.6. The van der Waals surface area contributed by atoms with Gasteiger partial charge in [-0.1, -0.05) is 18.2 Å². The SMILES string of the molecule is CCOc1ccc(S(=O)(=O)N2c3ccccc3[C@@H](C(N)=O)C[C@@H]2C)cc1OCC. The maximum Gasteiger partial charge on any atom is 0.264 e. The molecule has 29 heavy (non-hydrogen) atoms. The van der Waals surface area contributed by atoms with Crippen molar-refractivity contribution in [2.24, 2.45) is 5.73 Å². The lowest BCUT2D eigenvalue weighted by Gasteiger charge is -2.38. The largest absolute Gasteiger partial charge is 0.490 e. The van der Waals surface area contributed by atoms with Crippen LogP contribution in [-0.4, -0.2) is 33.6 Å². The van der Waals surface area contributed by atoms with Crippen LogP contribution in [0.15, 0.2) is 47.4 Å². The van der Waals surface area contributed by atoms with Crippen LogP contribution in [0, 0.1) is 0 Å². The summed E-state index contributed by atoms with van der Waals surface area (Å²) in [5.41, 5.74) is 6.67. The molecule has 156 valence electrons. The van der Waals surface area contributed by atoms with Crippen LogP contribution in [0.2, 0.25) is 0 Å². The van der Waals surface area contributed by atoms with Crippen LogP contribution in [0.1, 0.15) is 38.7 Å². The van der Waals surface area contributed by atoms with Crippen LogP contribution in [0.3, 0.4) is 0 Å². The van der Waals surface area contributed by atoms with Crippen molar-refractivity contribution in [1.82, 2.24) is 0 Å². The van der Waals surface area contributed by atoms with Crippen molar-refractivity contribution in [3.05, 3.63) is 48.0 Å². The molecule has 3 rings (SSSR count). The third-order valence-corrected chi connectivity index (χ3v) is 6.87. The van der Waals surface area contributed by atoms with Crippen molar-refractivity contribution < 1.29 is 22.7 Å². The zero-order chi connectivity index (χ0) is 21.2. The summed E-state index contributed by atoms with van der Waals surface area (Å²) in [6.45, 7) is 6.27. The summed E-state index contributed by atoms with van der Waals surface area (Å²) < 4.78 is 39.6. The topological polar surface area (TPSA) is 98.9 Å². The second-order valence-corrected chi connectivity index (χ2v) is 8.69. The Morgan fingerprint density at radius 1 is 1.10 bits per heavy atom. The monoisotopic (exact) mass is 418 g/mol. The highest BCUT2D eigenvalue weighted by Gasteiger charge is 2.39. The highest BCUT2D eigenvalue weighted by molar-refractivity contribution is 7.92. The summed E-state index contributed by atoms with van der Waals surface area (Å²) >= 11 is 0. The Bertz CT molecular complexity index is 1010. The molecule has 1 aliphatic heterocycles. The first kappa shape index (κ1) is 21.0. The van der Waals surface area contributed by atoms with E-state index >= 15 is 0 Å². The molecule has 2 atom stereocenters. The van der Waals surface area contributed by atoms with Gasteiger partial charge in [0.15, 0.2) is 11.5 Å². The van der Waals surface area contributed by atoms with Gasteiger partial charge in [-0.05, 0) is 51.0 Å². The summed E-state index contributed by atoms with van der Waals surface area (Å²) in [6.07, 6.45) is 0.320. The summed E-state index contributed by atoms with van der Waals surface area (Å²) in [4.78, 5) is 12.0. The normalized spacial score (nSPS) is 18.8. The van der Waals surface area contributed by atoms with Crippen molar-refractivity contribution in [2.45, 2.75) is 44.0 Å². The molecule has 0 unspecified atom stereocenters. The number of carbonyl (C=O) groups excluding carboxylic acids is 1. The quantitative estimate of drug-likeness (QED) is 0.745. The maximum absolute atomic E-state index is 13.6. The fourth-order valence-corrected chi connectivity index (χ4v) is 5.43. The zero-order valence-corrected chi connectivity index (χ0v) is 17.6. The molecule has 0 saturated carbocycles. The van der Waals surface area contributed by atoms with Gasteiger partial charge in [-0.3, -0.25) is 9.10 Å². The number of rotatable bonds is 7. The van der Waals surface area contributed by atoms with Crippen LogP contribution < -0.4 is 19.5 Å². The van der Waals surface area contributed by atoms with Crippen molar-refractivity contribution >= 4 is 21.6 Å². The number of nitrogens with two attached hydrogens (primary N) is 1. The van der Waals surface area contributed by atoms with Gasteiger partial charge in [0.05, 0.1) is 29.7 Å². The Labute approximate surface area is 171 Å². The number of hydrogen-bond donors (Lipinski definition) is 1. The average molecular weight is 419 g/mol. The molecule has 0 spiro atoms. The lowest BCUT2D eigenvalue weighted by molar-refractivity contribution is -0.119. The number of ether oxygens (including phenoxy) is 2. The Morgan fingerprint density at radius 2 is 1.76 bits per heavy atom. The van der Waals surface area contributed by atoms with E-state index in [4.69, 9.17) is 15.2 Å². The van der Waals surface area contributed by atoms with E-state index in [2.05, 4.69) is 0 Å². The predicted octanol–water partition coefficient (Wildman–Crippen LogP) is 3.04. The van der Waals surface area contributed by atoms with Crippen molar-refractivity contribution in [1.29, 1.82) is 0 Å². The molecule has 7 nitrogen and oxygen atoms in total. The van der Waals surface area contributed by atoms with Crippen molar-refractivity contribution in [3.8, 4) is 11.5 Å². The Morgan fingerprint density at radius 3 is 2.41 bits per heavy atom. The van der Waals surface area contributed by atoms with Gasteiger partial charge in [0.25, 0.3) is 10.0 Å². The predicted molar refractivity (Wildman–Crippen MR) is 111 cm³/mol. The minimum atomic E-state index is -3.90. The summed E-state index contributed by atoms with van der Waals surface area (Å²) in [7, 11) is -3.90. The number of anilines is 1. The van der Waals surface area contributed by atoms with E-state index in [0.29, 0.717) is 42.4 Å². The smallest absolute Gasteiger partial charge is 0.264 e. The van der Waals surface area contributed by atoms with Crippen LogP contribution in [0.5, 0.6) is 11.5 Å². The Kier molecular flexibility index (Phi) is 6.02. The number of fused-ring (bicyclic) bond motifs is 1. The molecule has 8 heteroatoms. The molecule has 0 saturated heterocycles. The lowest BCUT2D eigenvalue weighted by atomic mass is 9.87. The number of carbonyl (C=O) groups is 1. The van der Waals surface area contributed by atoms with E-state index in [9.17, 15) is 13.2 Å². The first-order chi connectivity index (χ1) is 13.8. The van der Waals surface area contributed by atoms with Gasteiger partial charge in [0.2, 0.25) is 5.91 Å². The molecule has 0 aliphatic carbocycles. The number of amides is 1. The molecule has 2 aromatic rings. The molecule has 0 radical (unpaired) electrons. The summed E-state index contributed by atoms with van der Waals surface area (Å²) in [6, 6.07) is 11.2. The minimum absolute atomic E-state index is 0.101. The van der Waals surface area contributed by atoms with E-state index in [-0.39, 0.29) is 4.90 Å². The molecule has 1 heterocycles. The molecule has 2 aromatic carbocycles. The van der Waals surface area contributed by atoms with E-state index < -0.39 is 27.9 Å². The number of nitrogens with zero attached hydrogens (tertiary/aromatic N) is 1. The molecule has 1 amide bonds. The molecule has 1 aliphatic rings. The highest BCUT2D eigenvalue weighted by atomic mass is 32.2. The van der Waals surface area contributed by atoms with Gasteiger partial charge in [0.1, 0.15) is 0 Å². The molecule has 0 aromatic heterocycles. The van der Waals surface area contributed by atoms with Crippen molar-refractivity contribution in [2.75, 3.05) is 17.5 Å². The third kappa shape index (κ3) is 3.89.